The molecule has 0 spiro atoms. The monoisotopic (exact) mass is 328 g/mol. The summed E-state index contributed by atoms with van der Waals surface area (Å²) in [7, 11) is 1.37. The Kier molecular flexibility index (Phi) is 5.95. The Balaban J connectivity index is 2.39. The summed E-state index contributed by atoms with van der Waals surface area (Å²) in [5.41, 5.74) is 0. The molecule has 1 aromatic heterocycles. The van der Waals surface area contributed by atoms with Gasteiger partial charge in [-0.15, -0.1) is 10.2 Å². The van der Waals surface area contributed by atoms with Gasteiger partial charge in [-0.05, 0) is 6.26 Å². The fourth-order valence-electron chi connectivity index (χ4n) is 0.678. The van der Waals surface area contributed by atoms with Crippen molar-refractivity contribution in [2.75, 3.05) is 19.1 Å². The minimum Gasteiger partial charge on any atom is -0.468 e. The molecule has 0 amide bonds. The van der Waals surface area contributed by atoms with E-state index in [9.17, 15) is 4.79 Å². The SMILES string of the molecule is COC(=O)C(Br)CSc1nnc(SC)s1. The summed E-state index contributed by atoms with van der Waals surface area (Å²) in [4.78, 5) is 10.8. The number of nitrogens with zero attached hydrogens (tertiary/aromatic N) is 2. The highest BCUT2D eigenvalue weighted by molar-refractivity contribution is 9.10. The molecule has 84 valence electrons. The summed E-state index contributed by atoms with van der Waals surface area (Å²) in [6.45, 7) is 0. The van der Waals surface area contributed by atoms with Gasteiger partial charge in [-0.1, -0.05) is 50.8 Å². The summed E-state index contributed by atoms with van der Waals surface area (Å²) in [5.74, 6) is 0.326. The number of carbonyl (C=O) groups is 1. The summed E-state index contributed by atoms with van der Waals surface area (Å²) in [6.07, 6.45) is 1.96. The van der Waals surface area contributed by atoms with Crippen molar-refractivity contribution in [1.82, 2.24) is 10.2 Å². The molecule has 1 aromatic rings. The van der Waals surface area contributed by atoms with Crippen LogP contribution in [0.15, 0.2) is 8.68 Å². The Morgan fingerprint density at radius 2 is 2.27 bits per heavy atom. The number of methoxy groups -OCH3 is 1. The van der Waals surface area contributed by atoms with Crippen LogP contribution in [-0.2, 0) is 9.53 Å². The van der Waals surface area contributed by atoms with Gasteiger partial charge in [0.25, 0.3) is 0 Å². The summed E-state index contributed by atoms with van der Waals surface area (Å²) < 4.78 is 6.39. The number of esters is 1. The maximum atomic E-state index is 11.1. The number of alkyl halides is 1. The molecule has 0 saturated heterocycles. The molecule has 1 atom stereocenters. The van der Waals surface area contributed by atoms with Crippen LogP contribution in [0.25, 0.3) is 0 Å². The molecular weight excluding hydrogens is 320 g/mol. The Labute approximate surface area is 109 Å². The molecule has 4 nitrogen and oxygen atoms in total. The van der Waals surface area contributed by atoms with Crippen molar-refractivity contribution in [3.8, 4) is 0 Å². The van der Waals surface area contributed by atoms with Crippen molar-refractivity contribution in [3.05, 3.63) is 0 Å². The second-order valence-electron chi connectivity index (χ2n) is 2.34. The average Bonchev–Trinajstić information content (AvgIpc) is 2.72. The van der Waals surface area contributed by atoms with E-state index in [0.29, 0.717) is 5.75 Å². The van der Waals surface area contributed by atoms with E-state index in [1.165, 1.54) is 30.2 Å². The molecule has 15 heavy (non-hydrogen) atoms. The van der Waals surface area contributed by atoms with Crippen molar-refractivity contribution in [1.29, 1.82) is 0 Å². The lowest BCUT2D eigenvalue weighted by molar-refractivity contribution is -0.139. The van der Waals surface area contributed by atoms with Crippen LogP contribution < -0.4 is 0 Å². The Morgan fingerprint density at radius 3 is 2.80 bits per heavy atom. The first-order valence-corrected chi connectivity index (χ1v) is 7.83. The summed E-state index contributed by atoms with van der Waals surface area (Å²) >= 11 is 7.82. The maximum Gasteiger partial charge on any atom is 0.320 e. The van der Waals surface area contributed by atoms with Gasteiger partial charge in [0.1, 0.15) is 4.83 Å². The van der Waals surface area contributed by atoms with Crippen LogP contribution >= 0.6 is 50.8 Å². The molecule has 0 radical (unpaired) electrons. The van der Waals surface area contributed by atoms with Crippen molar-refractivity contribution < 1.29 is 9.53 Å². The highest BCUT2D eigenvalue weighted by atomic mass is 79.9. The van der Waals surface area contributed by atoms with Gasteiger partial charge in [0.15, 0.2) is 8.68 Å². The van der Waals surface area contributed by atoms with Crippen LogP contribution in [0.2, 0.25) is 0 Å². The standard InChI is InChI=1S/C7H9BrN2O2S3/c1-12-5(11)4(8)3-14-7-10-9-6(13-2)15-7/h4H,3H2,1-2H3. The Morgan fingerprint density at radius 1 is 1.60 bits per heavy atom. The van der Waals surface area contributed by atoms with Crippen LogP contribution in [-0.4, -0.2) is 40.1 Å². The minimum atomic E-state index is -0.297. The normalized spacial score (nSPS) is 12.5. The Hall–Kier alpha value is 0.210. The smallest absolute Gasteiger partial charge is 0.320 e. The third kappa shape index (κ3) is 4.29. The molecule has 0 aromatic carbocycles. The van der Waals surface area contributed by atoms with Gasteiger partial charge in [-0.2, -0.15) is 0 Å². The second-order valence-corrected chi connectivity index (χ2v) is 6.74. The van der Waals surface area contributed by atoms with Gasteiger partial charge in [0.05, 0.1) is 7.11 Å². The van der Waals surface area contributed by atoms with Crippen LogP contribution in [0.4, 0.5) is 0 Å². The number of ether oxygens (including phenoxy) is 1. The number of rotatable bonds is 5. The zero-order chi connectivity index (χ0) is 11.3. The van der Waals surface area contributed by atoms with E-state index < -0.39 is 0 Å². The third-order valence-electron chi connectivity index (χ3n) is 1.37. The molecule has 1 heterocycles. The number of hydrogen-bond donors (Lipinski definition) is 0. The third-order valence-corrected chi connectivity index (χ3v) is 5.62. The summed E-state index contributed by atoms with van der Waals surface area (Å²) in [6, 6.07) is 0. The number of aromatic nitrogens is 2. The molecule has 0 bridgehead atoms. The Bertz CT molecular complexity index is 334. The number of halogens is 1. The lowest BCUT2D eigenvalue weighted by Gasteiger charge is -2.04. The van der Waals surface area contributed by atoms with Gasteiger partial charge in [0.2, 0.25) is 0 Å². The number of hydrogen-bond acceptors (Lipinski definition) is 7. The van der Waals surface area contributed by atoms with Crippen LogP contribution in [0.1, 0.15) is 0 Å². The van der Waals surface area contributed by atoms with Crippen molar-refractivity contribution in [2.45, 2.75) is 13.5 Å². The average molecular weight is 329 g/mol. The van der Waals surface area contributed by atoms with Gasteiger partial charge < -0.3 is 4.74 Å². The molecule has 0 aliphatic heterocycles. The van der Waals surface area contributed by atoms with Gasteiger partial charge in [-0.3, -0.25) is 4.79 Å². The molecule has 0 N–H and O–H groups in total. The van der Waals surface area contributed by atoms with Gasteiger partial charge in [-0.25, -0.2) is 0 Å². The lowest BCUT2D eigenvalue weighted by Crippen LogP contribution is -2.17. The van der Waals surface area contributed by atoms with E-state index in [0.717, 1.165) is 8.68 Å². The first-order valence-electron chi connectivity index (χ1n) is 3.89. The topological polar surface area (TPSA) is 52.1 Å². The molecule has 0 aliphatic rings. The first-order chi connectivity index (χ1) is 7.17. The molecule has 1 unspecified atom stereocenters. The fourth-order valence-corrected chi connectivity index (χ4v) is 3.63. The first kappa shape index (κ1) is 13.3. The number of carbonyl (C=O) groups excluding carboxylic acids is 1. The second kappa shape index (κ2) is 6.72. The van der Waals surface area contributed by atoms with E-state index in [1.807, 2.05) is 6.26 Å². The van der Waals surface area contributed by atoms with Crippen LogP contribution in [0.5, 0.6) is 0 Å². The van der Waals surface area contributed by atoms with Crippen LogP contribution in [0, 0.1) is 0 Å². The maximum absolute atomic E-state index is 11.1. The molecule has 0 fully saturated rings. The fraction of sp³-hybridized carbons (Fsp3) is 0.571. The molecule has 1 rings (SSSR count). The molecule has 8 heteroatoms. The van der Waals surface area contributed by atoms with E-state index in [4.69, 9.17) is 0 Å². The predicted octanol–water partition coefficient (Wildman–Crippen LogP) is 2.29. The van der Waals surface area contributed by atoms with E-state index in [1.54, 1.807) is 11.8 Å². The van der Waals surface area contributed by atoms with Gasteiger partial charge >= 0.3 is 5.97 Å². The predicted molar refractivity (Wildman–Crippen MR) is 67.1 cm³/mol. The number of thioether (sulfide) groups is 2. The zero-order valence-corrected chi connectivity index (χ0v) is 12.1. The highest BCUT2D eigenvalue weighted by Crippen LogP contribution is 2.28. The van der Waals surface area contributed by atoms with Crippen LogP contribution in [0.3, 0.4) is 0 Å². The van der Waals surface area contributed by atoms with E-state index in [2.05, 4.69) is 30.9 Å². The van der Waals surface area contributed by atoms with Crippen molar-refractivity contribution in [2.24, 2.45) is 0 Å². The minimum absolute atomic E-state index is 0.267. The molecular formula is C7H9BrN2O2S3. The zero-order valence-electron chi connectivity index (χ0n) is 8.10. The van der Waals surface area contributed by atoms with E-state index >= 15 is 0 Å². The quantitative estimate of drug-likeness (QED) is 0.469. The lowest BCUT2D eigenvalue weighted by atomic mass is 10.5. The van der Waals surface area contributed by atoms with Crippen molar-refractivity contribution >= 4 is 56.8 Å². The molecule has 0 aliphatic carbocycles. The summed E-state index contributed by atoms with van der Waals surface area (Å²) in [5, 5.41) is 7.94. The highest BCUT2D eigenvalue weighted by Gasteiger charge is 2.16. The van der Waals surface area contributed by atoms with Crippen molar-refractivity contribution in [3.63, 3.8) is 0 Å². The molecule has 0 saturated carbocycles. The van der Waals surface area contributed by atoms with Gasteiger partial charge in [0, 0.05) is 5.75 Å². The largest absolute Gasteiger partial charge is 0.468 e. The van der Waals surface area contributed by atoms with E-state index in [-0.39, 0.29) is 10.8 Å².